The van der Waals surface area contributed by atoms with Crippen molar-refractivity contribution in [1.82, 2.24) is 10.2 Å². The molecular weight excluding hydrogens is 374 g/mol. The molecule has 4 N–H and O–H groups in total. The van der Waals surface area contributed by atoms with Crippen LogP contribution in [0.5, 0.6) is 5.75 Å². The maximum absolute atomic E-state index is 12.1. The average molecular weight is 405 g/mol. The van der Waals surface area contributed by atoms with Gasteiger partial charge >= 0.3 is 12.1 Å². The Morgan fingerprint density at radius 3 is 2.72 bits per heavy atom. The molecule has 160 valence electrons. The number of amides is 1. The van der Waals surface area contributed by atoms with Gasteiger partial charge in [-0.05, 0) is 68.8 Å². The number of aliphatic carboxylic acids is 1. The Kier molecular flexibility index (Phi) is 7.71. The Morgan fingerprint density at radius 1 is 1.31 bits per heavy atom. The molecule has 1 aromatic rings. The summed E-state index contributed by atoms with van der Waals surface area (Å²) in [4.78, 5) is 24.7. The largest absolute Gasteiger partial charge is 0.490 e. The number of nitrogens with one attached hydrogen (secondary N) is 1. The lowest BCUT2D eigenvalue weighted by atomic mass is 9.93. The second-order valence-electron chi connectivity index (χ2n) is 7.89. The lowest BCUT2D eigenvalue weighted by Gasteiger charge is -2.23. The van der Waals surface area contributed by atoms with Crippen LogP contribution < -0.4 is 15.8 Å². The normalized spacial score (nSPS) is 21.1. The number of hydrogen-bond donors (Lipinski definition) is 3. The zero-order chi connectivity index (χ0) is 20.6. The number of hydrogen-bond acceptors (Lipinski definition) is 6. The van der Waals surface area contributed by atoms with Crippen LogP contribution >= 0.6 is 0 Å². The number of carboxylic acid groups (broad SMARTS) is 1. The minimum atomic E-state index is -1.02. The molecule has 0 saturated carbocycles. The van der Waals surface area contributed by atoms with Crippen molar-refractivity contribution in [2.75, 3.05) is 32.8 Å². The van der Waals surface area contributed by atoms with Crippen LogP contribution in [0.3, 0.4) is 0 Å². The van der Waals surface area contributed by atoms with E-state index < -0.39 is 12.0 Å². The molecule has 2 fully saturated rings. The second kappa shape index (κ2) is 10.5. The molecule has 3 rings (SSSR count). The van der Waals surface area contributed by atoms with E-state index in [0.29, 0.717) is 18.9 Å². The third-order valence-corrected chi connectivity index (χ3v) is 5.58. The summed E-state index contributed by atoms with van der Waals surface area (Å²) in [5, 5.41) is 12.2. The summed E-state index contributed by atoms with van der Waals surface area (Å²) < 4.78 is 11.1. The Balaban J connectivity index is 1.36. The monoisotopic (exact) mass is 405 g/mol. The number of nitrogens with two attached hydrogens (primary N) is 1. The average Bonchev–Trinajstić information content (AvgIpc) is 3.08. The highest BCUT2D eigenvalue weighted by Crippen LogP contribution is 2.20. The molecule has 1 amide bonds. The highest BCUT2D eigenvalue weighted by Gasteiger charge is 2.31. The van der Waals surface area contributed by atoms with Gasteiger partial charge in [0.05, 0.1) is 6.54 Å². The lowest BCUT2D eigenvalue weighted by molar-refractivity contribution is -0.138. The molecule has 2 heterocycles. The molecule has 2 aliphatic heterocycles. The smallest absolute Gasteiger partial charge is 0.410 e. The first-order valence-corrected chi connectivity index (χ1v) is 10.4. The van der Waals surface area contributed by atoms with Crippen LogP contribution in [0.4, 0.5) is 4.79 Å². The van der Waals surface area contributed by atoms with Crippen LogP contribution in [-0.2, 0) is 16.0 Å². The number of ether oxygens (including phenoxy) is 2. The van der Waals surface area contributed by atoms with E-state index in [1.807, 2.05) is 0 Å². The molecule has 0 aromatic heterocycles. The molecule has 0 radical (unpaired) electrons. The van der Waals surface area contributed by atoms with Gasteiger partial charge in [-0.3, -0.25) is 4.79 Å². The van der Waals surface area contributed by atoms with Gasteiger partial charge in [0.1, 0.15) is 18.4 Å². The summed E-state index contributed by atoms with van der Waals surface area (Å²) in [6.45, 7) is 3.78. The number of carboxylic acids is 1. The van der Waals surface area contributed by atoms with Crippen molar-refractivity contribution < 1.29 is 24.2 Å². The van der Waals surface area contributed by atoms with Crippen molar-refractivity contribution in [3.63, 3.8) is 0 Å². The molecule has 0 bridgehead atoms. The van der Waals surface area contributed by atoms with Gasteiger partial charge in [0.2, 0.25) is 0 Å². The van der Waals surface area contributed by atoms with Crippen LogP contribution in [0.2, 0.25) is 0 Å². The van der Waals surface area contributed by atoms with Crippen molar-refractivity contribution in [3.8, 4) is 5.75 Å². The van der Waals surface area contributed by atoms with E-state index in [4.69, 9.17) is 20.3 Å². The summed E-state index contributed by atoms with van der Waals surface area (Å²) in [6.07, 6.45) is 4.34. The maximum atomic E-state index is 12.1. The fraction of sp³-hybridized carbons (Fsp3) is 0.619. The van der Waals surface area contributed by atoms with Gasteiger partial charge in [0.15, 0.2) is 6.10 Å². The lowest BCUT2D eigenvalue weighted by Crippen LogP contribution is -2.32. The number of rotatable bonds is 10. The highest BCUT2D eigenvalue weighted by atomic mass is 16.6. The van der Waals surface area contributed by atoms with E-state index in [1.165, 1.54) is 12.8 Å². The van der Waals surface area contributed by atoms with Crippen LogP contribution in [0.15, 0.2) is 24.3 Å². The number of carbonyl (C=O) groups is 2. The number of carbonyl (C=O) groups excluding carboxylic acids is 1. The summed E-state index contributed by atoms with van der Waals surface area (Å²) in [6, 6.07) is 6.23. The summed E-state index contributed by atoms with van der Waals surface area (Å²) in [5.74, 6) is 0.397. The van der Waals surface area contributed by atoms with Gasteiger partial charge in [-0.15, -0.1) is 0 Å². The molecule has 0 aliphatic carbocycles. The minimum Gasteiger partial charge on any atom is -0.490 e. The Morgan fingerprint density at radius 2 is 2.03 bits per heavy atom. The third kappa shape index (κ3) is 6.61. The summed E-state index contributed by atoms with van der Waals surface area (Å²) >= 11 is 0. The van der Waals surface area contributed by atoms with Crippen molar-refractivity contribution in [1.29, 1.82) is 0 Å². The van der Waals surface area contributed by atoms with Gasteiger partial charge in [0, 0.05) is 6.54 Å². The fourth-order valence-electron chi connectivity index (χ4n) is 3.84. The zero-order valence-corrected chi connectivity index (χ0v) is 16.7. The van der Waals surface area contributed by atoms with Crippen LogP contribution in [0.25, 0.3) is 0 Å². The third-order valence-electron chi connectivity index (χ3n) is 5.58. The Labute approximate surface area is 171 Å². The number of cyclic esters (lactones) is 1. The molecule has 2 unspecified atom stereocenters. The number of benzene rings is 1. The van der Waals surface area contributed by atoms with Crippen LogP contribution in [0, 0.1) is 5.92 Å². The molecular formula is C21H31N3O5. The van der Waals surface area contributed by atoms with Crippen molar-refractivity contribution in [2.24, 2.45) is 11.7 Å². The van der Waals surface area contributed by atoms with Crippen molar-refractivity contribution in [3.05, 3.63) is 29.8 Å². The number of piperidine rings is 1. The first-order valence-electron chi connectivity index (χ1n) is 10.4. The second-order valence-corrected chi connectivity index (χ2v) is 7.89. The SMILES string of the molecule is NC(Cc1ccc(OCC2CN(CCCC3CCNCC3)C(=O)O2)cc1)C(=O)O. The van der Waals surface area contributed by atoms with E-state index in [9.17, 15) is 9.59 Å². The first-order chi connectivity index (χ1) is 14.0. The van der Waals surface area contributed by atoms with Gasteiger partial charge in [-0.2, -0.15) is 0 Å². The van der Waals surface area contributed by atoms with Gasteiger partial charge in [-0.1, -0.05) is 12.1 Å². The quantitative estimate of drug-likeness (QED) is 0.542. The van der Waals surface area contributed by atoms with Crippen LogP contribution in [-0.4, -0.2) is 67.0 Å². The maximum Gasteiger partial charge on any atom is 0.410 e. The molecule has 1 aromatic carbocycles. The molecule has 0 spiro atoms. The molecule has 2 saturated heterocycles. The van der Waals surface area contributed by atoms with E-state index >= 15 is 0 Å². The van der Waals surface area contributed by atoms with E-state index in [-0.39, 0.29) is 18.6 Å². The predicted octanol–water partition coefficient (Wildman–Crippen LogP) is 1.62. The van der Waals surface area contributed by atoms with E-state index in [2.05, 4.69) is 5.32 Å². The fourth-order valence-corrected chi connectivity index (χ4v) is 3.84. The summed E-state index contributed by atoms with van der Waals surface area (Å²) in [7, 11) is 0. The van der Waals surface area contributed by atoms with Gasteiger partial charge in [0.25, 0.3) is 0 Å². The van der Waals surface area contributed by atoms with Crippen molar-refractivity contribution >= 4 is 12.1 Å². The molecule has 2 aliphatic rings. The van der Waals surface area contributed by atoms with Crippen molar-refractivity contribution in [2.45, 2.75) is 44.2 Å². The number of nitrogens with zero attached hydrogens (tertiary/aromatic N) is 1. The topological polar surface area (TPSA) is 114 Å². The van der Waals surface area contributed by atoms with Gasteiger partial charge in [-0.25, -0.2) is 4.79 Å². The Bertz CT molecular complexity index is 675. The highest BCUT2D eigenvalue weighted by molar-refractivity contribution is 5.73. The van der Waals surface area contributed by atoms with Crippen LogP contribution in [0.1, 0.15) is 31.2 Å². The molecule has 8 heteroatoms. The minimum absolute atomic E-state index is 0.262. The first kappa shape index (κ1) is 21.4. The predicted molar refractivity (Wildman–Crippen MR) is 108 cm³/mol. The van der Waals surface area contributed by atoms with Gasteiger partial charge < -0.3 is 30.5 Å². The molecule has 2 atom stereocenters. The summed E-state index contributed by atoms with van der Waals surface area (Å²) in [5.41, 5.74) is 6.38. The standard InChI is InChI=1S/C21H31N3O5/c22-19(20(25)26)12-16-3-5-17(6-4-16)28-14-18-13-24(21(27)29-18)11-1-2-15-7-9-23-10-8-15/h3-6,15,18-19,23H,1-2,7-14,22H2,(H,25,26). The molecule has 29 heavy (non-hydrogen) atoms. The zero-order valence-electron chi connectivity index (χ0n) is 16.7. The van der Waals surface area contributed by atoms with E-state index in [0.717, 1.165) is 44.0 Å². The molecule has 8 nitrogen and oxygen atoms in total. The Hall–Kier alpha value is -2.32. The van der Waals surface area contributed by atoms with E-state index in [1.54, 1.807) is 29.2 Å².